The van der Waals surface area contributed by atoms with E-state index in [9.17, 15) is 18.0 Å². The standard InChI is InChI=1S/C13H13F3N4O2/c1-2-9(22-8-6-4-3-5-7-8)10(21)17-12-18-11(19-20-12)13(14,15)16/h3-7,9H,2H2,1H3,(H2,17,18,19,20,21). The molecule has 0 saturated carbocycles. The van der Waals surface area contributed by atoms with Gasteiger partial charge in [0.1, 0.15) is 5.75 Å². The monoisotopic (exact) mass is 314 g/mol. The number of carbonyl (C=O) groups is 1. The molecule has 22 heavy (non-hydrogen) atoms. The van der Waals surface area contributed by atoms with E-state index >= 15 is 0 Å². The van der Waals surface area contributed by atoms with Crippen LogP contribution in [0.5, 0.6) is 5.75 Å². The molecule has 118 valence electrons. The van der Waals surface area contributed by atoms with E-state index in [2.05, 4.69) is 15.4 Å². The normalized spacial score (nSPS) is 12.7. The van der Waals surface area contributed by atoms with Crippen LogP contribution in [0.4, 0.5) is 19.1 Å². The zero-order valence-electron chi connectivity index (χ0n) is 11.5. The molecule has 1 unspecified atom stereocenters. The summed E-state index contributed by atoms with van der Waals surface area (Å²) in [5.74, 6) is -1.87. The highest BCUT2D eigenvalue weighted by molar-refractivity contribution is 5.92. The van der Waals surface area contributed by atoms with Crippen LogP contribution < -0.4 is 10.1 Å². The predicted molar refractivity (Wildman–Crippen MR) is 71.2 cm³/mol. The molecule has 2 N–H and O–H groups in total. The minimum Gasteiger partial charge on any atom is -0.481 e. The van der Waals surface area contributed by atoms with Gasteiger partial charge in [0.2, 0.25) is 11.8 Å². The third-order valence-corrected chi connectivity index (χ3v) is 2.67. The lowest BCUT2D eigenvalue weighted by molar-refractivity contribution is -0.144. The maximum atomic E-state index is 12.4. The molecular weight excluding hydrogens is 301 g/mol. The molecule has 0 radical (unpaired) electrons. The number of rotatable bonds is 5. The van der Waals surface area contributed by atoms with Crippen LogP contribution in [-0.4, -0.2) is 27.2 Å². The van der Waals surface area contributed by atoms with Crippen LogP contribution in [0.1, 0.15) is 19.2 Å². The summed E-state index contributed by atoms with van der Waals surface area (Å²) in [6.07, 6.45) is -5.19. The van der Waals surface area contributed by atoms with Crippen LogP contribution in [0, 0.1) is 0 Å². The number of hydrogen-bond donors (Lipinski definition) is 2. The van der Waals surface area contributed by atoms with Gasteiger partial charge in [-0.2, -0.15) is 18.2 Å². The first-order valence-electron chi connectivity index (χ1n) is 6.42. The summed E-state index contributed by atoms with van der Waals surface area (Å²) in [6.45, 7) is 1.71. The van der Waals surface area contributed by atoms with Crippen molar-refractivity contribution in [3.63, 3.8) is 0 Å². The van der Waals surface area contributed by atoms with Crippen molar-refractivity contribution in [1.82, 2.24) is 15.2 Å². The van der Waals surface area contributed by atoms with E-state index in [1.807, 2.05) is 0 Å². The van der Waals surface area contributed by atoms with Crippen molar-refractivity contribution >= 4 is 11.9 Å². The lowest BCUT2D eigenvalue weighted by Crippen LogP contribution is -2.32. The minimum atomic E-state index is -4.65. The topological polar surface area (TPSA) is 79.9 Å². The van der Waals surface area contributed by atoms with Gasteiger partial charge < -0.3 is 4.74 Å². The molecule has 0 fully saturated rings. The first-order valence-corrected chi connectivity index (χ1v) is 6.42. The number of anilines is 1. The molecule has 6 nitrogen and oxygen atoms in total. The Bertz CT molecular complexity index is 628. The quantitative estimate of drug-likeness (QED) is 0.889. The second-order valence-corrected chi connectivity index (χ2v) is 4.32. The van der Waals surface area contributed by atoms with Crippen molar-refractivity contribution in [2.75, 3.05) is 5.32 Å². The molecule has 0 spiro atoms. The fourth-order valence-electron chi connectivity index (χ4n) is 1.62. The third-order valence-electron chi connectivity index (χ3n) is 2.67. The molecular formula is C13H13F3N4O2. The Morgan fingerprint density at radius 1 is 1.36 bits per heavy atom. The van der Waals surface area contributed by atoms with Crippen LogP contribution in [0.15, 0.2) is 30.3 Å². The number of nitrogens with zero attached hydrogens (tertiary/aromatic N) is 2. The number of benzene rings is 1. The van der Waals surface area contributed by atoms with Gasteiger partial charge in [0, 0.05) is 0 Å². The summed E-state index contributed by atoms with van der Waals surface area (Å²) in [5, 5.41) is 7.21. The number of hydrogen-bond acceptors (Lipinski definition) is 4. The smallest absolute Gasteiger partial charge is 0.451 e. The average molecular weight is 314 g/mol. The molecule has 0 aliphatic carbocycles. The van der Waals surface area contributed by atoms with Gasteiger partial charge >= 0.3 is 6.18 Å². The van der Waals surface area contributed by atoms with Crippen LogP contribution >= 0.6 is 0 Å². The molecule has 2 aromatic rings. The maximum absolute atomic E-state index is 12.4. The Morgan fingerprint density at radius 2 is 2.05 bits per heavy atom. The van der Waals surface area contributed by atoms with E-state index in [0.29, 0.717) is 12.2 Å². The SMILES string of the molecule is CCC(Oc1ccccc1)C(=O)Nc1n[nH]c(C(F)(F)F)n1. The van der Waals surface area contributed by atoms with Gasteiger partial charge in [-0.15, -0.1) is 5.10 Å². The number of amides is 1. The molecule has 1 heterocycles. The van der Waals surface area contributed by atoms with Crippen molar-refractivity contribution in [3.8, 4) is 5.75 Å². The molecule has 1 aromatic heterocycles. The van der Waals surface area contributed by atoms with E-state index in [1.165, 1.54) is 0 Å². The van der Waals surface area contributed by atoms with Gasteiger partial charge in [-0.3, -0.25) is 15.2 Å². The van der Waals surface area contributed by atoms with E-state index in [1.54, 1.807) is 42.4 Å². The second-order valence-electron chi connectivity index (χ2n) is 4.32. The molecule has 1 aromatic carbocycles. The number of carbonyl (C=O) groups excluding carboxylic acids is 1. The highest BCUT2D eigenvalue weighted by Gasteiger charge is 2.35. The molecule has 2 rings (SSSR count). The van der Waals surface area contributed by atoms with E-state index < -0.39 is 30.0 Å². The number of ether oxygens (including phenoxy) is 1. The predicted octanol–water partition coefficient (Wildman–Crippen LogP) is 2.62. The number of halogens is 3. The van der Waals surface area contributed by atoms with Gasteiger partial charge in [0.15, 0.2) is 6.10 Å². The largest absolute Gasteiger partial charge is 0.481 e. The summed E-state index contributed by atoms with van der Waals surface area (Å²) in [5.41, 5.74) is 0. The Balaban J connectivity index is 2.02. The van der Waals surface area contributed by atoms with Crippen LogP contribution in [0.2, 0.25) is 0 Å². The first kappa shape index (κ1) is 15.8. The number of nitrogens with one attached hydrogen (secondary N) is 2. The number of H-pyrrole nitrogens is 1. The molecule has 0 bridgehead atoms. The lowest BCUT2D eigenvalue weighted by Gasteiger charge is -2.16. The molecule has 9 heteroatoms. The average Bonchev–Trinajstić information content (AvgIpc) is 2.94. The number of para-hydroxylation sites is 1. The molecule has 0 aliphatic rings. The minimum absolute atomic E-state index is 0.331. The Labute approximate surface area is 123 Å². The number of alkyl halides is 3. The summed E-state index contributed by atoms with van der Waals surface area (Å²) >= 11 is 0. The van der Waals surface area contributed by atoms with Gasteiger partial charge in [0.25, 0.3) is 5.91 Å². The van der Waals surface area contributed by atoms with Crippen molar-refractivity contribution in [2.45, 2.75) is 25.6 Å². The number of aromatic nitrogens is 3. The van der Waals surface area contributed by atoms with Gasteiger partial charge in [0.05, 0.1) is 0 Å². The second kappa shape index (κ2) is 6.46. The highest BCUT2D eigenvalue weighted by atomic mass is 19.4. The van der Waals surface area contributed by atoms with Crippen molar-refractivity contribution in [2.24, 2.45) is 0 Å². The van der Waals surface area contributed by atoms with E-state index in [0.717, 1.165) is 0 Å². The van der Waals surface area contributed by atoms with E-state index in [-0.39, 0.29) is 0 Å². The summed E-state index contributed by atoms with van der Waals surface area (Å²) in [7, 11) is 0. The summed E-state index contributed by atoms with van der Waals surface area (Å²) in [6, 6.07) is 8.62. The fraction of sp³-hybridized carbons (Fsp3) is 0.308. The number of aromatic amines is 1. The molecule has 1 amide bonds. The Hall–Kier alpha value is -2.58. The Morgan fingerprint density at radius 3 is 2.59 bits per heavy atom. The van der Waals surface area contributed by atoms with Crippen LogP contribution in [0.25, 0.3) is 0 Å². The molecule has 1 atom stereocenters. The highest BCUT2D eigenvalue weighted by Crippen LogP contribution is 2.26. The summed E-state index contributed by atoms with van der Waals surface area (Å²) < 4.78 is 42.6. The Kier molecular flexibility index (Phi) is 4.64. The van der Waals surface area contributed by atoms with Crippen molar-refractivity contribution in [1.29, 1.82) is 0 Å². The summed E-state index contributed by atoms with van der Waals surface area (Å²) in [4.78, 5) is 15.2. The third kappa shape index (κ3) is 3.96. The fourth-order valence-corrected chi connectivity index (χ4v) is 1.62. The lowest BCUT2D eigenvalue weighted by atomic mass is 10.2. The van der Waals surface area contributed by atoms with Gasteiger partial charge in [-0.25, -0.2) is 0 Å². The van der Waals surface area contributed by atoms with Gasteiger partial charge in [-0.1, -0.05) is 25.1 Å². The maximum Gasteiger partial charge on any atom is 0.451 e. The van der Waals surface area contributed by atoms with Crippen molar-refractivity contribution < 1.29 is 22.7 Å². The van der Waals surface area contributed by atoms with Crippen molar-refractivity contribution in [3.05, 3.63) is 36.2 Å². The van der Waals surface area contributed by atoms with E-state index in [4.69, 9.17) is 4.74 Å². The van der Waals surface area contributed by atoms with Crippen LogP contribution in [0.3, 0.4) is 0 Å². The first-order chi connectivity index (χ1) is 10.4. The molecule has 0 aliphatic heterocycles. The van der Waals surface area contributed by atoms with Crippen LogP contribution in [-0.2, 0) is 11.0 Å². The zero-order valence-corrected chi connectivity index (χ0v) is 11.5. The zero-order chi connectivity index (χ0) is 16.2. The molecule has 0 saturated heterocycles. The van der Waals surface area contributed by atoms with Gasteiger partial charge in [-0.05, 0) is 18.6 Å².